The molecule has 0 heterocycles. The molecule has 0 aliphatic carbocycles. The Balaban J connectivity index is 4.49. The summed E-state index contributed by atoms with van der Waals surface area (Å²) in [5, 5.41) is 23.8. The Morgan fingerprint density at radius 1 is 0.410 bits per heavy atom. The predicted molar refractivity (Wildman–Crippen MR) is 264 cm³/mol. The van der Waals surface area contributed by atoms with Crippen LogP contribution >= 0.6 is 0 Å². The molecule has 0 aromatic carbocycles. The van der Waals surface area contributed by atoms with Gasteiger partial charge in [0.1, 0.15) is 6.10 Å². The third-order valence-corrected chi connectivity index (χ3v) is 13.2. The molecule has 3 N–H and O–H groups in total. The molecule has 0 aliphatic heterocycles. The highest BCUT2D eigenvalue weighted by Crippen LogP contribution is 2.19. The number of carbonyl (C=O) groups is 2. The maximum Gasteiger partial charge on any atom is 0.306 e. The van der Waals surface area contributed by atoms with Gasteiger partial charge in [-0.05, 0) is 25.7 Å². The minimum Gasteiger partial charge on any atom is -0.462 e. The molecule has 0 aromatic heterocycles. The number of rotatable bonds is 51. The van der Waals surface area contributed by atoms with Gasteiger partial charge in [0.2, 0.25) is 5.91 Å². The minimum absolute atomic E-state index is 0.0883. The molecule has 61 heavy (non-hydrogen) atoms. The summed E-state index contributed by atoms with van der Waals surface area (Å²) >= 11 is 0. The number of aliphatic hydroxyl groups excluding tert-OH is 2. The molecule has 0 aromatic rings. The molecular formula is C55H109NO5. The van der Waals surface area contributed by atoms with E-state index in [9.17, 15) is 19.8 Å². The Morgan fingerprint density at radius 2 is 0.689 bits per heavy atom. The second-order valence-electron chi connectivity index (χ2n) is 19.4. The van der Waals surface area contributed by atoms with Gasteiger partial charge >= 0.3 is 5.97 Å². The summed E-state index contributed by atoms with van der Waals surface area (Å²) in [7, 11) is 0. The molecule has 0 radical (unpaired) electrons. The van der Waals surface area contributed by atoms with Gasteiger partial charge in [-0.3, -0.25) is 9.59 Å². The molecule has 6 nitrogen and oxygen atoms in total. The molecular weight excluding hydrogens is 755 g/mol. The van der Waals surface area contributed by atoms with Crippen LogP contribution in [-0.4, -0.2) is 46.9 Å². The van der Waals surface area contributed by atoms with Crippen molar-refractivity contribution in [3.05, 3.63) is 0 Å². The van der Waals surface area contributed by atoms with Gasteiger partial charge in [0.05, 0.1) is 25.2 Å². The quantitative estimate of drug-likeness (QED) is 0.0418. The van der Waals surface area contributed by atoms with Crippen LogP contribution in [0.15, 0.2) is 0 Å². The first kappa shape index (κ1) is 59.9. The zero-order chi connectivity index (χ0) is 44.5. The first-order chi connectivity index (χ1) is 30.0. The molecule has 0 bridgehead atoms. The number of hydrogen-bond donors (Lipinski definition) is 3. The largest absolute Gasteiger partial charge is 0.462 e. The van der Waals surface area contributed by atoms with Crippen molar-refractivity contribution in [1.82, 2.24) is 5.32 Å². The summed E-state index contributed by atoms with van der Waals surface area (Å²) < 4.78 is 5.96. The van der Waals surface area contributed by atoms with Gasteiger partial charge < -0.3 is 20.3 Å². The average Bonchev–Trinajstić information content (AvgIpc) is 3.25. The van der Waals surface area contributed by atoms with E-state index in [4.69, 9.17) is 4.74 Å². The van der Waals surface area contributed by atoms with Gasteiger partial charge in [-0.15, -0.1) is 0 Å². The molecule has 1 amide bonds. The van der Waals surface area contributed by atoms with Crippen molar-refractivity contribution in [2.45, 2.75) is 334 Å². The molecule has 0 fully saturated rings. The zero-order valence-corrected chi connectivity index (χ0v) is 41.6. The molecule has 0 saturated carbocycles. The first-order valence-electron chi connectivity index (χ1n) is 27.8. The van der Waals surface area contributed by atoms with Crippen LogP contribution in [0.2, 0.25) is 0 Å². The Bertz CT molecular complexity index is 882. The number of ether oxygens (including phenoxy) is 1. The van der Waals surface area contributed by atoms with Crippen LogP contribution in [0.25, 0.3) is 0 Å². The lowest BCUT2D eigenvalue weighted by Crippen LogP contribution is -2.46. The topological polar surface area (TPSA) is 95.9 Å². The van der Waals surface area contributed by atoms with Crippen LogP contribution in [0.1, 0.15) is 316 Å². The van der Waals surface area contributed by atoms with Gasteiger partial charge in [-0.1, -0.05) is 278 Å². The summed E-state index contributed by atoms with van der Waals surface area (Å²) in [6.07, 6.45) is 54.5. The molecule has 3 atom stereocenters. The second kappa shape index (κ2) is 49.9. The summed E-state index contributed by atoms with van der Waals surface area (Å²) in [5.74, 6) is -0.447. The van der Waals surface area contributed by atoms with Gasteiger partial charge in [0, 0.05) is 6.42 Å². The van der Waals surface area contributed by atoms with Gasteiger partial charge in [-0.25, -0.2) is 0 Å². The number of aliphatic hydroxyl groups is 2. The predicted octanol–water partition coefficient (Wildman–Crippen LogP) is 16.7. The lowest BCUT2D eigenvalue weighted by atomic mass is 10.0. The molecule has 364 valence electrons. The van der Waals surface area contributed by atoms with Gasteiger partial charge in [0.25, 0.3) is 0 Å². The first-order valence-corrected chi connectivity index (χ1v) is 27.8. The van der Waals surface area contributed by atoms with E-state index >= 15 is 0 Å². The van der Waals surface area contributed by atoms with Crippen molar-refractivity contribution < 1.29 is 24.5 Å². The molecule has 0 aliphatic rings. The van der Waals surface area contributed by atoms with Crippen molar-refractivity contribution in [3.63, 3.8) is 0 Å². The van der Waals surface area contributed by atoms with Gasteiger partial charge in [-0.2, -0.15) is 0 Å². The monoisotopic (exact) mass is 864 g/mol. The van der Waals surface area contributed by atoms with E-state index in [1.165, 1.54) is 231 Å². The third kappa shape index (κ3) is 45.2. The number of carbonyl (C=O) groups excluding carboxylic acids is 2. The standard InChI is InChI=1S/C55H109NO5/c1-4-7-10-13-16-19-22-24-26-28-30-33-36-39-42-45-48-55(60)61-51(46-43-40-37-34-32-29-27-25-23-20-17-14-11-8-5-2)49-54(59)56-52(50-57)53(58)47-44-41-38-35-31-21-18-15-12-9-6-3/h51-53,57-58H,4-50H2,1-3H3,(H,56,59). The minimum atomic E-state index is -0.779. The third-order valence-electron chi connectivity index (χ3n) is 13.2. The van der Waals surface area contributed by atoms with E-state index in [1.807, 2.05) is 0 Å². The van der Waals surface area contributed by atoms with E-state index in [-0.39, 0.29) is 24.9 Å². The van der Waals surface area contributed by atoms with Crippen LogP contribution in [0.3, 0.4) is 0 Å². The Morgan fingerprint density at radius 3 is 1.00 bits per heavy atom. The van der Waals surface area contributed by atoms with Crippen molar-refractivity contribution in [2.75, 3.05) is 6.61 Å². The fraction of sp³-hybridized carbons (Fsp3) is 0.964. The molecule has 0 spiro atoms. The van der Waals surface area contributed by atoms with Crippen LogP contribution in [0, 0.1) is 0 Å². The zero-order valence-electron chi connectivity index (χ0n) is 41.6. The fourth-order valence-corrected chi connectivity index (χ4v) is 8.96. The highest BCUT2D eigenvalue weighted by atomic mass is 16.5. The summed E-state index contributed by atoms with van der Waals surface area (Å²) in [6.45, 7) is 6.52. The molecule has 6 heteroatoms. The Kier molecular flexibility index (Phi) is 48.9. The fourth-order valence-electron chi connectivity index (χ4n) is 8.96. The SMILES string of the molecule is CCCCCCCCCCCCCCCCCCC(=O)OC(CCCCCCCCCCCCCCCCC)CC(=O)NC(CO)C(O)CCCCCCCCCCCCC. The van der Waals surface area contributed by atoms with E-state index in [0.29, 0.717) is 19.3 Å². The lowest BCUT2D eigenvalue weighted by Gasteiger charge is -2.24. The van der Waals surface area contributed by atoms with Crippen molar-refractivity contribution in [2.24, 2.45) is 0 Å². The lowest BCUT2D eigenvalue weighted by molar-refractivity contribution is -0.151. The normalized spacial score (nSPS) is 13.1. The summed E-state index contributed by atoms with van der Waals surface area (Å²) in [4.78, 5) is 26.2. The van der Waals surface area contributed by atoms with Crippen molar-refractivity contribution >= 4 is 11.9 Å². The maximum absolute atomic E-state index is 13.2. The van der Waals surface area contributed by atoms with Crippen LogP contribution < -0.4 is 5.32 Å². The van der Waals surface area contributed by atoms with Crippen molar-refractivity contribution in [3.8, 4) is 0 Å². The number of esters is 1. The van der Waals surface area contributed by atoms with E-state index in [1.54, 1.807) is 0 Å². The second-order valence-corrected chi connectivity index (χ2v) is 19.4. The maximum atomic E-state index is 13.2. The smallest absolute Gasteiger partial charge is 0.306 e. The molecule has 0 rings (SSSR count). The van der Waals surface area contributed by atoms with E-state index in [2.05, 4.69) is 26.1 Å². The highest BCUT2D eigenvalue weighted by molar-refractivity contribution is 5.77. The average molecular weight is 864 g/mol. The van der Waals surface area contributed by atoms with Crippen molar-refractivity contribution in [1.29, 1.82) is 0 Å². The van der Waals surface area contributed by atoms with Crippen LogP contribution in [0.5, 0.6) is 0 Å². The van der Waals surface area contributed by atoms with E-state index in [0.717, 1.165) is 38.5 Å². The summed E-state index contributed by atoms with van der Waals surface area (Å²) in [5.41, 5.74) is 0. The Labute approximate surface area is 381 Å². The number of amides is 1. The molecule has 0 saturated heterocycles. The summed E-state index contributed by atoms with van der Waals surface area (Å²) in [6, 6.07) is -0.692. The van der Waals surface area contributed by atoms with E-state index < -0.39 is 18.2 Å². The number of nitrogens with one attached hydrogen (secondary N) is 1. The molecule has 3 unspecified atom stereocenters. The Hall–Kier alpha value is -1.14. The van der Waals surface area contributed by atoms with Crippen LogP contribution in [0.4, 0.5) is 0 Å². The van der Waals surface area contributed by atoms with Gasteiger partial charge in [0.15, 0.2) is 0 Å². The van der Waals surface area contributed by atoms with Crippen LogP contribution in [-0.2, 0) is 14.3 Å². The number of unbranched alkanes of at least 4 members (excludes halogenated alkanes) is 39. The number of hydrogen-bond acceptors (Lipinski definition) is 5. The highest BCUT2D eigenvalue weighted by Gasteiger charge is 2.24.